The fourth-order valence-electron chi connectivity index (χ4n) is 0.314. The molecule has 0 aliphatic carbocycles. The van der Waals surface area contributed by atoms with Crippen LogP contribution in [-0.4, -0.2) is 34.6 Å². The summed E-state index contributed by atoms with van der Waals surface area (Å²) in [4.78, 5) is 0. The highest BCUT2D eigenvalue weighted by molar-refractivity contribution is 4.77. The minimum absolute atomic E-state index is 0.193. The first-order valence-corrected chi connectivity index (χ1v) is 2.96. The van der Waals surface area contributed by atoms with Crippen molar-refractivity contribution in [3.05, 3.63) is 0 Å². The molecule has 0 aliphatic rings. The van der Waals surface area contributed by atoms with Crippen LogP contribution in [0.2, 0.25) is 0 Å². The zero-order chi connectivity index (χ0) is 7.49. The predicted molar refractivity (Wildman–Crippen MR) is 34.0 cm³/mol. The third kappa shape index (κ3) is 1.93. The lowest BCUT2D eigenvalue weighted by Crippen LogP contribution is -2.37. The first kappa shape index (κ1) is 8.88. The summed E-state index contributed by atoms with van der Waals surface area (Å²) in [5.74, 6) is 0. The first-order valence-electron chi connectivity index (χ1n) is 2.96. The molecule has 0 aromatic heterocycles. The maximum atomic E-state index is 8.95. The summed E-state index contributed by atoms with van der Waals surface area (Å²) in [5, 5.41) is 26.2. The van der Waals surface area contributed by atoms with Crippen LogP contribution in [0.1, 0.15) is 13.8 Å². The summed E-state index contributed by atoms with van der Waals surface area (Å²) in [6, 6.07) is 0. The molecule has 0 fully saturated rings. The number of aliphatic hydroxyl groups is 3. The summed E-state index contributed by atoms with van der Waals surface area (Å²) >= 11 is 0. The van der Waals surface area contributed by atoms with Crippen molar-refractivity contribution in [2.75, 3.05) is 13.2 Å². The SMILES string of the molecule is CC(O)C(C)(CO)CO. The normalized spacial score (nSPS) is 15.7. The lowest BCUT2D eigenvalue weighted by molar-refractivity contribution is -0.0308. The number of rotatable bonds is 3. The fraction of sp³-hybridized carbons (Fsp3) is 1.00. The van der Waals surface area contributed by atoms with Crippen molar-refractivity contribution in [2.24, 2.45) is 5.41 Å². The zero-order valence-electron chi connectivity index (χ0n) is 5.83. The van der Waals surface area contributed by atoms with E-state index in [9.17, 15) is 0 Å². The summed E-state index contributed by atoms with van der Waals surface area (Å²) in [7, 11) is 0. The Labute approximate surface area is 54.9 Å². The van der Waals surface area contributed by atoms with Crippen LogP contribution in [0, 0.1) is 5.41 Å². The maximum Gasteiger partial charge on any atom is 0.0609 e. The molecule has 0 saturated carbocycles. The Balaban J connectivity index is 3.92. The predicted octanol–water partition coefficient (Wildman–Crippen LogP) is -0.642. The Morgan fingerprint density at radius 3 is 1.67 bits per heavy atom. The van der Waals surface area contributed by atoms with Gasteiger partial charge in [0, 0.05) is 5.41 Å². The topological polar surface area (TPSA) is 60.7 Å². The van der Waals surface area contributed by atoms with Crippen LogP contribution in [0.4, 0.5) is 0 Å². The van der Waals surface area contributed by atoms with Gasteiger partial charge in [-0.3, -0.25) is 0 Å². The lowest BCUT2D eigenvalue weighted by atomic mass is 9.87. The van der Waals surface area contributed by atoms with Gasteiger partial charge in [0.2, 0.25) is 0 Å². The summed E-state index contributed by atoms with van der Waals surface area (Å²) in [6.45, 7) is 2.78. The Morgan fingerprint density at radius 2 is 1.67 bits per heavy atom. The van der Waals surface area contributed by atoms with Crippen LogP contribution in [0.25, 0.3) is 0 Å². The van der Waals surface area contributed by atoms with Gasteiger partial charge in [0.15, 0.2) is 0 Å². The van der Waals surface area contributed by atoms with Crippen molar-refractivity contribution in [2.45, 2.75) is 20.0 Å². The van der Waals surface area contributed by atoms with Gasteiger partial charge < -0.3 is 15.3 Å². The molecule has 0 amide bonds. The Kier molecular flexibility index (Phi) is 3.11. The van der Waals surface area contributed by atoms with Crippen molar-refractivity contribution in [1.82, 2.24) is 0 Å². The zero-order valence-corrected chi connectivity index (χ0v) is 5.83. The molecule has 0 rings (SSSR count). The van der Waals surface area contributed by atoms with Gasteiger partial charge in [0.25, 0.3) is 0 Å². The second-order valence-corrected chi connectivity index (χ2v) is 2.65. The molecular weight excluding hydrogens is 120 g/mol. The highest BCUT2D eigenvalue weighted by Crippen LogP contribution is 2.18. The molecule has 0 aliphatic heterocycles. The van der Waals surface area contributed by atoms with E-state index in [-0.39, 0.29) is 13.2 Å². The Bertz CT molecular complexity index is 76.4. The van der Waals surface area contributed by atoms with Crippen molar-refractivity contribution in [3.63, 3.8) is 0 Å². The van der Waals surface area contributed by atoms with Crippen LogP contribution >= 0.6 is 0 Å². The second-order valence-electron chi connectivity index (χ2n) is 2.65. The quantitative estimate of drug-likeness (QED) is 0.481. The van der Waals surface area contributed by atoms with Crippen LogP contribution < -0.4 is 0 Å². The highest BCUT2D eigenvalue weighted by atomic mass is 16.3. The van der Waals surface area contributed by atoms with Gasteiger partial charge in [0.05, 0.1) is 19.3 Å². The van der Waals surface area contributed by atoms with Gasteiger partial charge in [-0.05, 0) is 6.92 Å². The van der Waals surface area contributed by atoms with Crippen molar-refractivity contribution < 1.29 is 15.3 Å². The van der Waals surface area contributed by atoms with Crippen LogP contribution in [0.15, 0.2) is 0 Å². The molecule has 0 heterocycles. The first-order chi connectivity index (χ1) is 4.06. The van der Waals surface area contributed by atoms with Crippen molar-refractivity contribution in [1.29, 1.82) is 0 Å². The molecule has 0 spiro atoms. The van der Waals surface area contributed by atoms with Gasteiger partial charge in [0.1, 0.15) is 0 Å². The molecule has 0 aromatic carbocycles. The fourth-order valence-corrected chi connectivity index (χ4v) is 0.314. The van der Waals surface area contributed by atoms with E-state index in [0.29, 0.717) is 0 Å². The highest BCUT2D eigenvalue weighted by Gasteiger charge is 2.27. The van der Waals surface area contributed by atoms with Gasteiger partial charge in [-0.25, -0.2) is 0 Å². The molecular formula is C6H14O3. The maximum absolute atomic E-state index is 8.95. The third-order valence-electron chi connectivity index (χ3n) is 1.73. The summed E-state index contributed by atoms with van der Waals surface area (Å²) in [6.07, 6.45) is -0.674. The molecule has 3 nitrogen and oxygen atoms in total. The summed E-state index contributed by atoms with van der Waals surface area (Å²) < 4.78 is 0. The van der Waals surface area contributed by atoms with Gasteiger partial charge in [-0.1, -0.05) is 6.92 Å². The van der Waals surface area contributed by atoms with Crippen molar-refractivity contribution >= 4 is 0 Å². The molecule has 1 unspecified atom stereocenters. The standard InChI is InChI=1S/C6H14O3/c1-5(9)6(2,3-7)4-8/h5,7-9H,3-4H2,1-2H3. The molecule has 1 atom stereocenters. The lowest BCUT2D eigenvalue weighted by Gasteiger charge is -2.27. The van der Waals surface area contributed by atoms with E-state index in [1.807, 2.05) is 0 Å². The van der Waals surface area contributed by atoms with Crippen molar-refractivity contribution in [3.8, 4) is 0 Å². The average Bonchev–Trinajstić information content (AvgIpc) is 1.86. The van der Waals surface area contributed by atoms with Crippen LogP contribution in [-0.2, 0) is 0 Å². The van der Waals surface area contributed by atoms with E-state index < -0.39 is 11.5 Å². The average molecular weight is 134 g/mol. The molecule has 56 valence electrons. The van der Waals surface area contributed by atoms with Gasteiger partial charge in [-0.15, -0.1) is 0 Å². The largest absolute Gasteiger partial charge is 0.396 e. The van der Waals surface area contributed by atoms with E-state index in [1.165, 1.54) is 0 Å². The molecule has 0 radical (unpaired) electrons. The van der Waals surface area contributed by atoms with Crippen LogP contribution in [0.3, 0.4) is 0 Å². The van der Waals surface area contributed by atoms with Gasteiger partial charge >= 0.3 is 0 Å². The molecule has 0 saturated heterocycles. The Hall–Kier alpha value is -0.120. The molecule has 3 heteroatoms. The van der Waals surface area contributed by atoms with E-state index in [1.54, 1.807) is 13.8 Å². The molecule has 0 aromatic rings. The van der Waals surface area contributed by atoms with E-state index in [4.69, 9.17) is 15.3 Å². The van der Waals surface area contributed by atoms with E-state index in [0.717, 1.165) is 0 Å². The molecule has 9 heavy (non-hydrogen) atoms. The Morgan fingerprint density at radius 1 is 1.33 bits per heavy atom. The smallest absolute Gasteiger partial charge is 0.0609 e. The van der Waals surface area contributed by atoms with Crippen LogP contribution in [0.5, 0.6) is 0 Å². The summed E-state index contributed by atoms with van der Waals surface area (Å²) in [5.41, 5.74) is -0.750. The number of aliphatic hydroxyl groups excluding tert-OH is 3. The molecule has 0 bridgehead atoms. The second kappa shape index (κ2) is 3.15. The minimum Gasteiger partial charge on any atom is -0.396 e. The molecule has 3 N–H and O–H groups in total. The third-order valence-corrected chi connectivity index (χ3v) is 1.73. The number of hydrogen-bond acceptors (Lipinski definition) is 3. The minimum atomic E-state index is -0.750. The number of hydrogen-bond donors (Lipinski definition) is 3. The van der Waals surface area contributed by atoms with E-state index >= 15 is 0 Å². The van der Waals surface area contributed by atoms with E-state index in [2.05, 4.69) is 0 Å². The van der Waals surface area contributed by atoms with Gasteiger partial charge in [-0.2, -0.15) is 0 Å². The monoisotopic (exact) mass is 134 g/mol.